The van der Waals surface area contributed by atoms with Gasteiger partial charge in [-0.25, -0.2) is 18.6 Å². The Morgan fingerprint density at radius 1 is 1.00 bits per heavy atom. The molecule has 2 heteroatoms. The van der Waals surface area contributed by atoms with Crippen LogP contribution in [0.3, 0.4) is 0 Å². The van der Waals surface area contributed by atoms with Crippen LogP contribution in [0, 0.1) is 12.8 Å². The summed E-state index contributed by atoms with van der Waals surface area (Å²) in [5.41, 5.74) is 4.00. The third-order valence-corrected chi connectivity index (χ3v) is 2.94. The molecular formula is C16H25MgN. The maximum atomic E-state index is 4.00. The molecule has 0 bridgehead atoms. The molecule has 0 aliphatic heterocycles. The molecule has 0 unspecified atom stereocenters. The number of rotatable bonds is 0. The number of quaternary nitrogens is 1. The van der Waals surface area contributed by atoms with Gasteiger partial charge >= 0.3 is 23.1 Å². The van der Waals surface area contributed by atoms with Crippen LogP contribution in [0.2, 0.25) is 0 Å². The van der Waals surface area contributed by atoms with Crippen molar-refractivity contribution in [2.24, 2.45) is 0 Å². The molecule has 3 N–H and O–H groups in total. The van der Waals surface area contributed by atoms with Gasteiger partial charge in [-0.15, -0.1) is 0 Å². The summed E-state index contributed by atoms with van der Waals surface area (Å²) in [6.07, 6.45) is 16.5. The van der Waals surface area contributed by atoms with Crippen molar-refractivity contribution in [3.05, 3.63) is 55.3 Å². The zero-order chi connectivity index (χ0) is 12.2. The Kier molecular flexibility index (Phi) is 12.9. The Balaban J connectivity index is 0.000000239. The molecular weight excluding hydrogens is 230 g/mol. The molecule has 1 nitrogen and oxygen atoms in total. The fourth-order valence-electron chi connectivity index (χ4n) is 1.90. The Bertz CT molecular complexity index is 237. The van der Waals surface area contributed by atoms with Gasteiger partial charge in [0.15, 0.2) is 0 Å². The van der Waals surface area contributed by atoms with Crippen molar-refractivity contribution in [2.75, 3.05) is 0 Å². The molecule has 2 aliphatic carbocycles. The van der Waals surface area contributed by atoms with E-state index in [9.17, 15) is 0 Å². The molecule has 0 radical (unpaired) electrons. The first kappa shape index (κ1) is 17.7. The minimum absolute atomic E-state index is 0. The van der Waals surface area contributed by atoms with E-state index in [0.29, 0.717) is 0 Å². The molecule has 96 valence electrons. The normalized spacial score (nSPS) is 17.4. The minimum atomic E-state index is 0. The average Bonchev–Trinajstić information content (AvgIpc) is 3.09. The maximum Gasteiger partial charge on any atom is 2.00 e. The van der Waals surface area contributed by atoms with Gasteiger partial charge in [-0.1, -0.05) is 6.42 Å². The van der Waals surface area contributed by atoms with Crippen LogP contribution in [0.15, 0.2) is 42.5 Å². The van der Waals surface area contributed by atoms with Crippen molar-refractivity contribution < 1.29 is 5.73 Å². The third-order valence-electron chi connectivity index (χ3n) is 2.94. The smallest absolute Gasteiger partial charge is 0.410 e. The number of allylic oxidation sites excluding steroid dienone is 2. The zero-order valence-corrected chi connectivity index (χ0v) is 12.8. The standard InChI is InChI=1S/C6H13N.C5H6.C5H5.Mg/c7-6-4-2-1-3-5-6;2*1-2-4-5-3-1;/h6H,1-5,7H2;1-4H,5H2;1-5H;/q;-2;-1;+2/p+1. The zero-order valence-electron chi connectivity index (χ0n) is 11.4. The molecule has 18 heavy (non-hydrogen) atoms. The topological polar surface area (TPSA) is 27.6 Å². The van der Waals surface area contributed by atoms with Crippen molar-refractivity contribution >= 4 is 23.1 Å². The fraction of sp³-hybridized carbons (Fsp3) is 0.438. The van der Waals surface area contributed by atoms with E-state index in [1.807, 2.05) is 30.3 Å². The summed E-state index contributed by atoms with van der Waals surface area (Å²) in [6, 6.07) is 10.8. The summed E-state index contributed by atoms with van der Waals surface area (Å²) in [5, 5.41) is 0. The van der Waals surface area contributed by atoms with Crippen molar-refractivity contribution in [3.8, 4) is 0 Å². The molecule has 1 saturated carbocycles. The molecule has 0 saturated heterocycles. The van der Waals surface area contributed by atoms with Gasteiger partial charge < -0.3 is 18.6 Å². The van der Waals surface area contributed by atoms with Gasteiger partial charge in [-0.2, -0.15) is 18.2 Å². The molecule has 0 aromatic heterocycles. The van der Waals surface area contributed by atoms with Crippen LogP contribution >= 0.6 is 0 Å². The Morgan fingerprint density at radius 2 is 1.67 bits per heavy atom. The second kappa shape index (κ2) is 13.1. The van der Waals surface area contributed by atoms with E-state index in [0.717, 1.165) is 12.5 Å². The van der Waals surface area contributed by atoms with Crippen LogP contribution in [-0.4, -0.2) is 29.1 Å². The Hall–Kier alpha value is -0.314. The monoisotopic (exact) mass is 255 g/mol. The summed E-state index contributed by atoms with van der Waals surface area (Å²) in [6.45, 7) is 0. The van der Waals surface area contributed by atoms with Crippen LogP contribution < -0.4 is 5.73 Å². The van der Waals surface area contributed by atoms with E-state index in [2.05, 4.69) is 30.7 Å². The summed E-state index contributed by atoms with van der Waals surface area (Å²) >= 11 is 0. The molecule has 3 rings (SSSR count). The molecule has 0 heterocycles. The molecule has 1 aromatic rings. The van der Waals surface area contributed by atoms with E-state index >= 15 is 0 Å². The van der Waals surface area contributed by atoms with E-state index < -0.39 is 0 Å². The van der Waals surface area contributed by atoms with Gasteiger partial charge in [0.2, 0.25) is 0 Å². The van der Waals surface area contributed by atoms with Crippen LogP contribution in [0.4, 0.5) is 0 Å². The Morgan fingerprint density at radius 3 is 1.89 bits per heavy atom. The van der Waals surface area contributed by atoms with E-state index in [4.69, 9.17) is 0 Å². The largest absolute Gasteiger partial charge is 2.00 e. The van der Waals surface area contributed by atoms with Gasteiger partial charge in [-0.3, -0.25) is 12.2 Å². The summed E-state index contributed by atoms with van der Waals surface area (Å²) in [5.74, 6) is 0. The average molecular weight is 256 g/mol. The van der Waals surface area contributed by atoms with Crippen molar-refractivity contribution in [2.45, 2.75) is 44.6 Å². The van der Waals surface area contributed by atoms with Gasteiger partial charge in [0.25, 0.3) is 0 Å². The number of hydrogen-bond acceptors (Lipinski definition) is 0. The fourth-order valence-corrected chi connectivity index (χ4v) is 1.90. The van der Waals surface area contributed by atoms with Crippen LogP contribution in [0.5, 0.6) is 0 Å². The van der Waals surface area contributed by atoms with Crippen LogP contribution in [0.1, 0.15) is 38.5 Å². The Labute approximate surface area is 128 Å². The van der Waals surface area contributed by atoms with E-state index in [-0.39, 0.29) is 23.1 Å². The molecule has 0 spiro atoms. The number of hydrogen-bond donors (Lipinski definition) is 1. The summed E-state index contributed by atoms with van der Waals surface area (Å²) in [4.78, 5) is 0. The first-order chi connectivity index (χ1) is 8.39. The second-order valence-corrected chi connectivity index (χ2v) is 4.56. The summed E-state index contributed by atoms with van der Waals surface area (Å²) in [7, 11) is 0. The third kappa shape index (κ3) is 10.8. The maximum absolute atomic E-state index is 4.00. The molecule has 0 atom stereocenters. The predicted molar refractivity (Wildman–Crippen MR) is 79.9 cm³/mol. The van der Waals surface area contributed by atoms with Crippen molar-refractivity contribution in [3.63, 3.8) is 0 Å². The van der Waals surface area contributed by atoms with Gasteiger partial charge in [0, 0.05) is 0 Å². The van der Waals surface area contributed by atoms with E-state index in [1.165, 1.54) is 32.1 Å². The molecule has 2 aliphatic rings. The first-order valence-corrected chi connectivity index (χ1v) is 6.71. The molecule has 1 aromatic carbocycles. The van der Waals surface area contributed by atoms with Crippen LogP contribution in [0.25, 0.3) is 0 Å². The molecule has 1 fully saturated rings. The van der Waals surface area contributed by atoms with E-state index in [1.54, 1.807) is 0 Å². The van der Waals surface area contributed by atoms with Gasteiger partial charge in [0.05, 0.1) is 6.04 Å². The SMILES string of the molecule is C1=CC[CH-][CH-]1.[Mg+2].[NH3+]C1CCCCC1.c1cc[cH-]c1. The quantitative estimate of drug-likeness (QED) is 0.545. The van der Waals surface area contributed by atoms with Gasteiger partial charge in [0.1, 0.15) is 0 Å². The first-order valence-electron chi connectivity index (χ1n) is 6.71. The minimum Gasteiger partial charge on any atom is -0.410 e. The van der Waals surface area contributed by atoms with Gasteiger partial charge in [-0.05, 0) is 25.7 Å². The molecule has 0 amide bonds. The predicted octanol–water partition coefficient (Wildman–Crippen LogP) is 2.94. The van der Waals surface area contributed by atoms with Crippen molar-refractivity contribution in [1.82, 2.24) is 0 Å². The van der Waals surface area contributed by atoms with Crippen LogP contribution in [-0.2, 0) is 0 Å². The van der Waals surface area contributed by atoms with Crippen molar-refractivity contribution in [1.29, 1.82) is 0 Å². The summed E-state index contributed by atoms with van der Waals surface area (Å²) < 4.78 is 0. The second-order valence-electron chi connectivity index (χ2n) is 4.56.